The first kappa shape index (κ1) is 26.7. The molecular formula is C27H25N7O2S3. The van der Waals surface area contributed by atoms with Crippen molar-refractivity contribution < 1.29 is 9.59 Å². The highest BCUT2D eigenvalue weighted by atomic mass is 32.2. The van der Waals surface area contributed by atoms with Crippen LogP contribution in [0, 0.1) is 0 Å². The number of nitrogens with one attached hydrogen (secondary N) is 2. The van der Waals surface area contributed by atoms with Crippen molar-refractivity contribution in [2.24, 2.45) is 7.05 Å². The lowest BCUT2D eigenvalue weighted by atomic mass is 10.2. The number of carbonyl (C=O) groups is 2. The number of benzene rings is 3. The van der Waals surface area contributed by atoms with Crippen molar-refractivity contribution >= 4 is 68.3 Å². The number of carbonyl (C=O) groups excluding carboxylic acids is 2. The van der Waals surface area contributed by atoms with Crippen LogP contribution in [0.25, 0.3) is 21.6 Å². The van der Waals surface area contributed by atoms with Crippen LogP contribution in [0.3, 0.4) is 0 Å². The molecule has 0 aliphatic carbocycles. The number of nitrogens with zero attached hydrogens (tertiary/aromatic N) is 4. The molecule has 5 aromatic rings. The molecule has 5 rings (SSSR count). The quantitative estimate of drug-likeness (QED) is 0.160. The number of thiazole rings is 1. The fraction of sp³-hybridized carbons (Fsp3) is 0.148. The van der Waals surface area contributed by atoms with Gasteiger partial charge < -0.3 is 20.9 Å². The first-order chi connectivity index (χ1) is 18.9. The van der Waals surface area contributed by atoms with Crippen LogP contribution in [0.15, 0.2) is 82.3 Å². The maximum atomic E-state index is 12.6. The molecule has 0 aliphatic heterocycles. The Morgan fingerprint density at radius 2 is 1.77 bits per heavy atom. The van der Waals surface area contributed by atoms with Crippen molar-refractivity contribution in [2.45, 2.75) is 16.0 Å². The van der Waals surface area contributed by atoms with E-state index in [2.05, 4.69) is 25.8 Å². The van der Waals surface area contributed by atoms with Crippen LogP contribution in [-0.4, -0.2) is 43.1 Å². The molecule has 0 unspecified atom stereocenters. The van der Waals surface area contributed by atoms with Crippen LogP contribution in [0.2, 0.25) is 0 Å². The van der Waals surface area contributed by atoms with Crippen LogP contribution in [0.1, 0.15) is 5.56 Å². The molecule has 12 heteroatoms. The molecule has 0 aliphatic rings. The third-order valence-corrected chi connectivity index (χ3v) is 8.81. The van der Waals surface area contributed by atoms with Gasteiger partial charge in [-0.25, -0.2) is 4.98 Å². The zero-order valence-electron chi connectivity index (χ0n) is 21.0. The predicted octanol–water partition coefficient (Wildman–Crippen LogP) is 4.81. The largest absolute Gasteiger partial charge is 0.399 e. The second-order valence-electron chi connectivity index (χ2n) is 8.54. The summed E-state index contributed by atoms with van der Waals surface area (Å²) in [6.45, 7) is 0.501. The molecule has 0 spiro atoms. The summed E-state index contributed by atoms with van der Waals surface area (Å²) < 4.78 is 3.59. The summed E-state index contributed by atoms with van der Waals surface area (Å²) in [5.74, 6) is 0.958. The lowest BCUT2D eigenvalue weighted by Crippen LogP contribution is -2.24. The Labute approximate surface area is 237 Å². The van der Waals surface area contributed by atoms with E-state index in [9.17, 15) is 9.59 Å². The van der Waals surface area contributed by atoms with E-state index in [0.29, 0.717) is 28.9 Å². The standard InChI is InChI=1S/C27H25N7O2S3/c1-34-25(18-8-5-9-19(28)12-18)32-33-26(34)37-16-24(36)30-20-10-11-21-22(13-20)39-27(31-21)38-15-23(35)29-14-17-6-3-2-4-7-17/h2-13H,14-16,28H2,1H3,(H,29,35)(H,30,36). The molecule has 0 fully saturated rings. The molecule has 3 aromatic carbocycles. The topological polar surface area (TPSA) is 128 Å². The zero-order chi connectivity index (χ0) is 27.2. The van der Waals surface area contributed by atoms with E-state index in [1.807, 2.05) is 84.4 Å². The maximum Gasteiger partial charge on any atom is 0.234 e. The van der Waals surface area contributed by atoms with Gasteiger partial charge in [0, 0.05) is 30.5 Å². The van der Waals surface area contributed by atoms with Gasteiger partial charge in [0.1, 0.15) is 0 Å². The Morgan fingerprint density at radius 3 is 2.59 bits per heavy atom. The lowest BCUT2D eigenvalue weighted by Gasteiger charge is -2.06. The Morgan fingerprint density at radius 1 is 0.949 bits per heavy atom. The van der Waals surface area contributed by atoms with Gasteiger partial charge in [-0.3, -0.25) is 9.59 Å². The monoisotopic (exact) mass is 575 g/mol. The summed E-state index contributed by atoms with van der Waals surface area (Å²) in [6, 6.07) is 22.8. The molecule has 0 atom stereocenters. The van der Waals surface area contributed by atoms with Gasteiger partial charge >= 0.3 is 0 Å². The van der Waals surface area contributed by atoms with Crippen LogP contribution >= 0.6 is 34.9 Å². The molecule has 4 N–H and O–H groups in total. The summed E-state index contributed by atoms with van der Waals surface area (Å²) in [5, 5.41) is 15.0. The molecule has 198 valence electrons. The minimum atomic E-state index is -0.151. The number of nitrogen functional groups attached to an aromatic ring is 1. The first-order valence-electron chi connectivity index (χ1n) is 12.0. The fourth-order valence-electron chi connectivity index (χ4n) is 3.71. The minimum Gasteiger partial charge on any atom is -0.399 e. The van der Waals surface area contributed by atoms with E-state index in [1.54, 1.807) is 0 Å². The van der Waals surface area contributed by atoms with E-state index in [0.717, 1.165) is 25.7 Å². The first-order valence-corrected chi connectivity index (χ1v) is 14.8. The second kappa shape index (κ2) is 12.3. The Hall–Kier alpha value is -3.87. The maximum absolute atomic E-state index is 12.6. The third kappa shape index (κ3) is 6.96. The van der Waals surface area contributed by atoms with Gasteiger partial charge in [0.25, 0.3) is 0 Å². The highest BCUT2D eigenvalue weighted by molar-refractivity contribution is 8.01. The summed E-state index contributed by atoms with van der Waals surface area (Å²) in [6.07, 6.45) is 0. The van der Waals surface area contributed by atoms with Crippen LogP contribution in [0.4, 0.5) is 11.4 Å². The molecule has 2 heterocycles. The van der Waals surface area contributed by atoms with Crippen LogP contribution in [-0.2, 0) is 23.2 Å². The number of rotatable bonds is 10. The number of amides is 2. The van der Waals surface area contributed by atoms with Crippen molar-refractivity contribution in [3.8, 4) is 11.4 Å². The van der Waals surface area contributed by atoms with Gasteiger partial charge in [0.2, 0.25) is 11.8 Å². The lowest BCUT2D eigenvalue weighted by molar-refractivity contribution is -0.118. The molecule has 0 saturated carbocycles. The van der Waals surface area contributed by atoms with Crippen LogP contribution in [0.5, 0.6) is 0 Å². The number of thioether (sulfide) groups is 2. The Bertz CT molecular complexity index is 1620. The van der Waals surface area contributed by atoms with Gasteiger partial charge in [-0.1, -0.05) is 66.0 Å². The number of hydrogen-bond donors (Lipinski definition) is 3. The second-order valence-corrected chi connectivity index (χ2v) is 11.7. The molecule has 0 bridgehead atoms. The molecule has 0 radical (unpaired) electrons. The van der Waals surface area contributed by atoms with Gasteiger partial charge in [-0.05, 0) is 35.9 Å². The van der Waals surface area contributed by atoms with Crippen molar-refractivity contribution in [3.63, 3.8) is 0 Å². The van der Waals surface area contributed by atoms with Gasteiger partial charge in [-0.2, -0.15) is 0 Å². The predicted molar refractivity (Wildman–Crippen MR) is 159 cm³/mol. The molecular weight excluding hydrogens is 551 g/mol. The average molecular weight is 576 g/mol. The Balaban J connectivity index is 1.13. The van der Waals surface area contributed by atoms with E-state index in [4.69, 9.17) is 5.73 Å². The number of aromatic nitrogens is 4. The van der Waals surface area contributed by atoms with Crippen LogP contribution < -0.4 is 16.4 Å². The number of nitrogens with two attached hydrogens (primary N) is 1. The van der Waals surface area contributed by atoms with Crippen molar-refractivity contribution in [3.05, 3.63) is 78.4 Å². The number of fused-ring (bicyclic) bond motifs is 1. The summed E-state index contributed by atoms with van der Waals surface area (Å²) in [7, 11) is 1.86. The highest BCUT2D eigenvalue weighted by Crippen LogP contribution is 2.31. The number of hydrogen-bond acceptors (Lipinski definition) is 9. The zero-order valence-corrected chi connectivity index (χ0v) is 23.4. The molecule has 39 heavy (non-hydrogen) atoms. The minimum absolute atomic E-state index is 0.0449. The normalized spacial score (nSPS) is 11.0. The van der Waals surface area contributed by atoms with E-state index in [-0.39, 0.29) is 23.3 Å². The highest BCUT2D eigenvalue weighted by Gasteiger charge is 2.14. The SMILES string of the molecule is Cn1c(SCC(=O)Nc2ccc3nc(SCC(=O)NCc4ccccc4)sc3c2)nnc1-c1cccc(N)c1. The van der Waals surface area contributed by atoms with Gasteiger partial charge in [-0.15, -0.1) is 21.5 Å². The summed E-state index contributed by atoms with van der Waals surface area (Å²) >= 11 is 4.20. The molecule has 9 nitrogen and oxygen atoms in total. The third-order valence-electron chi connectivity index (χ3n) is 5.62. The van der Waals surface area contributed by atoms with E-state index in [1.165, 1.54) is 34.9 Å². The molecule has 2 amide bonds. The summed E-state index contributed by atoms with van der Waals surface area (Å²) in [5.41, 5.74) is 9.97. The van der Waals surface area contributed by atoms with Gasteiger partial charge in [0.15, 0.2) is 15.3 Å². The number of anilines is 2. The Kier molecular flexibility index (Phi) is 8.45. The van der Waals surface area contributed by atoms with E-state index < -0.39 is 0 Å². The van der Waals surface area contributed by atoms with Crippen molar-refractivity contribution in [1.82, 2.24) is 25.1 Å². The molecule has 0 saturated heterocycles. The average Bonchev–Trinajstić information content (AvgIpc) is 3.52. The van der Waals surface area contributed by atoms with Crippen molar-refractivity contribution in [2.75, 3.05) is 22.6 Å². The smallest absolute Gasteiger partial charge is 0.234 e. The van der Waals surface area contributed by atoms with Crippen molar-refractivity contribution in [1.29, 1.82) is 0 Å². The van der Waals surface area contributed by atoms with Gasteiger partial charge in [0.05, 0.1) is 21.7 Å². The van der Waals surface area contributed by atoms with E-state index >= 15 is 0 Å². The summed E-state index contributed by atoms with van der Waals surface area (Å²) in [4.78, 5) is 29.5. The molecule has 2 aromatic heterocycles. The fourth-order valence-corrected chi connectivity index (χ4v) is 6.36.